The lowest BCUT2D eigenvalue weighted by molar-refractivity contribution is -0.123. The van der Waals surface area contributed by atoms with E-state index in [0.29, 0.717) is 12.1 Å². The summed E-state index contributed by atoms with van der Waals surface area (Å²) in [7, 11) is 0. The second-order valence-corrected chi connectivity index (χ2v) is 13.0. The molecule has 3 saturated carbocycles. The van der Waals surface area contributed by atoms with Crippen molar-refractivity contribution in [1.82, 2.24) is 0 Å². The van der Waals surface area contributed by atoms with Gasteiger partial charge in [0.1, 0.15) is 9.75 Å². The number of alkyl halides is 4. The van der Waals surface area contributed by atoms with E-state index in [4.69, 9.17) is 69.6 Å². The fourth-order valence-electron chi connectivity index (χ4n) is 6.99. The summed E-state index contributed by atoms with van der Waals surface area (Å²) in [5.41, 5.74) is 0.550. The minimum Gasteiger partial charge on any atom is -0.274 e. The molecule has 8 atom stereocenters. The molecule has 0 radical (unpaired) electrons. The fourth-order valence-corrected chi connectivity index (χ4v) is 10.4. The molecule has 4 aliphatic carbocycles. The van der Waals surface area contributed by atoms with Crippen LogP contribution < -0.4 is 4.90 Å². The minimum atomic E-state index is -1.64. The number of carbonyl (C=O) groups is 2. The number of allylic oxidation sites excluding steroid dienone is 2. The van der Waals surface area contributed by atoms with E-state index in [-0.39, 0.29) is 45.6 Å². The van der Waals surface area contributed by atoms with Gasteiger partial charge in [0.25, 0.3) is 0 Å². The number of fused-ring (bicyclic) bond motifs is 12. The lowest BCUT2D eigenvalue weighted by atomic mass is 9.65. The number of rotatable bonds is 1. The van der Waals surface area contributed by atoms with Gasteiger partial charge in [0.15, 0.2) is 4.33 Å². The molecule has 5 aliphatic rings. The summed E-state index contributed by atoms with van der Waals surface area (Å²) >= 11 is 43.9. The van der Waals surface area contributed by atoms with Gasteiger partial charge < -0.3 is 0 Å². The Bertz CT molecular complexity index is 1020. The number of benzene rings is 1. The van der Waals surface area contributed by atoms with E-state index in [1.165, 1.54) is 4.90 Å². The third kappa shape index (κ3) is 1.94. The van der Waals surface area contributed by atoms with E-state index in [1.807, 2.05) is 0 Å². The Morgan fingerprint density at radius 2 is 1.27 bits per heavy atom. The van der Waals surface area contributed by atoms with Crippen LogP contribution in [0.1, 0.15) is 6.42 Å². The van der Waals surface area contributed by atoms with Crippen LogP contribution in [0.5, 0.6) is 0 Å². The summed E-state index contributed by atoms with van der Waals surface area (Å²) in [5, 5.41) is 0.301. The fraction of sp³-hybridized carbons (Fsp3) is 0.500. The van der Waals surface area contributed by atoms with Crippen molar-refractivity contribution in [2.24, 2.45) is 35.5 Å². The van der Waals surface area contributed by atoms with Gasteiger partial charge in [-0.05, 0) is 54.4 Å². The molecule has 0 unspecified atom stereocenters. The Morgan fingerprint density at radius 3 is 1.70 bits per heavy atom. The quantitative estimate of drug-likeness (QED) is 0.219. The maximum atomic E-state index is 13.4. The third-order valence-corrected chi connectivity index (χ3v) is 12.7. The van der Waals surface area contributed by atoms with Gasteiger partial charge in [-0.25, -0.2) is 0 Å². The van der Waals surface area contributed by atoms with E-state index in [2.05, 4.69) is 15.9 Å². The molecule has 10 heteroatoms. The van der Waals surface area contributed by atoms with Crippen molar-refractivity contribution in [3.63, 3.8) is 0 Å². The first-order chi connectivity index (χ1) is 14.0. The van der Waals surface area contributed by atoms with Crippen molar-refractivity contribution in [2.75, 3.05) is 4.90 Å². The van der Waals surface area contributed by atoms with E-state index < -0.39 is 25.9 Å². The number of anilines is 1. The van der Waals surface area contributed by atoms with Crippen LogP contribution in [0, 0.1) is 35.5 Å². The van der Waals surface area contributed by atoms with Gasteiger partial charge in [0.05, 0.1) is 27.6 Å². The molecule has 1 saturated heterocycles. The number of amides is 2. The molecule has 1 aliphatic heterocycles. The zero-order chi connectivity index (χ0) is 21.5. The summed E-state index contributed by atoms with van der Waals surface area (Å²) in [6.45, 7) is 0. The highest BCUT2D eigenvalue weighted by atomic mass is 79.9. The first kappa shape index (κ1) is 20.9. The van der Waals surface area contributed by atoms with Crippen LogP contribution >= 0.6 is 85.5 Å². The second-order valence-electron chi connectivity index (χ2n) is 8.78. The van der Waals surface area contributed by atoms with E-state index >= 15 is 0 Å². The van der Waals surface area contributed by atoms with E-state index in [1.54, 1.807) is 24.3 Å². The van der Waals surface area contributed by atoms with Crippen LogP contribution in [0.3, 0.4) is 0 Å². The first-order valence-electron chi connectivity index (χ1n) is 9.44. The summed E-state index contributed by atoms with van der Waals surface area (Å²) in [6.07, 6.45) is 0.650. The van der Waals surface area contributed by atoms with Crippen molar-refractivity contribution in [3.8, 4) is 0 Å². The van der Waals surface area contributed by atoms with Gasteiger partial charge in [-0.1, -0.05) is 62.3 Å². The molecule has 4 bridgehead atoms. The number of imide groups is 1. The van der Waals surface area contributed by atoms with Crippen LogP contribution in [-0.2, 0) is 9.59 Å². The normalized spacial score (nSPS) is 47.5. The smallest absolute Gasteiger partial charge is 0.237 e. The average molecular weight is 591 g/mol. The molecule has 3 nitrogen and oxygen atoms in total. The standard InChI is InChI=1S/C20H12BrCl6NO2/c21-6-1-3-7(4-2-6)28-16(29)10-8-5-9(11(10)17(28)30)13-12(8)18(24)14(22)15(23)19(13,25)20(18,26)27/h1-4,8-13H,5H2/t8-,9+,10-,11-,12+,13+,18-,19-/m0/s1. The summed E-state index contributed by atoms with van der Waals surface area (Å²) in [4.78, 5) is 25.4. The average Bonchev–Trinajstić information content (AvgIpc) is 3.39. The van der Waals surface area contributed by atoms with Crippen molar-refractivity contribution in [1.29, 1.82) is 0 Å². The molecule has 1 aromatic rings. The molecule has 30 heavy (non-hydrogen) atoms. The van der Waals surface area contributed by atoms with Crippen molar-refractivity contribution in [3.05, 3.63) is 38.8 Å². The van der Waals surface area contributed by atoms with Crippen LogP contribution in [0.15, 0.2) is 38.8 Å². The van der Waals surface area contributed by atoms with E-state index in [9.17, 15) is 9.59 Å². The highest BCUT2D eigenvalue weighted by Crippen LogP contribution is 2.84. The van der Waals surface area contributed by atoms with Crippen LogP contribution in [0.4, 0.5) is 5.69 Å². The monoisotopic (exact) mass is 587 g/mol. The Hall–Kier alpha value is 0.320. The molecule has 0 spiro atoms. The van der Waals surface area contributed by atoms with Crippen LogP contribution in [0.2, 0.25) is 0 Å². The largest absolute Gasteiger partial charge is 0.274 e. The lowest BCUT2D eigenvalue weighted by Gasteiger charge is -2.42. The minimum absolute atomic E-state index is 0.151. The van der Waals surface area contributed by atoms with E-state index in [0.717, 1.165) is 4.47 Å². The molecule has 6 rings (SSSR count). The predicted octanol–water partition coefficient (Wildman–Crippen LogP) is 6.28. The molecule has 1 aromatic carbocycles. The maximum absolute atomic E-state index is 13.4. The maximum Gasteiger partial charge on any atom is 0.237 e. The molecular weight excluding hydrogens is 579 g/mol. The van der Waals surface area contributed by atoms with Crippen molar-refractivity contribution >= 4 is 103 Å². The van der Waals surface area contributed by atoms with Gasteiger partial charge in [-0.15, -0.1) is 23.2 Å². The third-order valence-electron chi connectivity index (χ3n) is 7.92. The zero-order valence-electron chi connectivity index (χ0n) is 14.9. The first-order valence-corrected chi connectivity index (χ1v) is 12.5. The molecule has 158 valence electrons. The number of carbonyl (C=O) groups excluding carboxylic acids is 2. The highest BCUT2D eigenvalue weighted by molar-refractivity contribution is 9.10. The molecule has 2 amide bonds. The number of nitrogens with zero attached hydrogens (tertiary/aromatic N) is 1. The van der Waals surface area contributed by atoms with Crippen molar-refractivity contribution in [2.45, 2.75) is 20.5 Å². The Labute approximate surface area is 211 Å². The lowest BCUT2D eigenvalue weighted by Crippen LogP contribution is -2.46. The van der Waals surface area contributed by atoms with Gasteiger partial charge in [-0.3, -0.25) is 14.5 Å². The summed E-state index contributed by atoms with van der Waals surface area (Å²) in [6, 6.07) is 7.09. The van der Waals surface area contributed by atoms with Crippen LogP contribution in [0.25, 0.3) is 0 Å². The topological polar surface area (TPSA) is 37.4 Å². The van der Waals surface area contributed by atoms with Gasteiger partial charge in [0.2, 0.25) is 11.8 Å². The summed E-state index contributed by atoms with van der Waals surface area (Å²) in [5.74, 6) is -2.49. The van der Waals surface area contributed by atoms with Gasteiger partial charge in [0, 0.05) is 4.47 Å². The molecule has 0 aromatic heterocycles. The molecule has 4 fully saturated rings. The predicted molar refractivity (Wildman–Crippen MR) is 123 cm³/mol. The SMILES string of the molecule is O=C1[C@H]2[C@H]3C[C@@H]([C@@H]2C(=O)N1c1ccc(Br)cc1)[C@@H]1[C@@H]3[C@]2(Cl)C(Cl)=C(Cl)[C@]1(Cl)C2(Cl)Cl. The molecule has 1 heterocycles. The van der Waals surface area contributed by atoms with Crippen molar-refractivity contribution < 1.29 is 9.59 Å². The summed E-state index contributed by atoms with van der Waals surface area (Å²) < 4.78 is -0.777. The Morgan fingerprint density at radius 1 is 0.833 bits per heavy atom. The Balaban J connectivity index is 1.47. The number of hydrogen-bond acceptors (Lipinski definition) is 2. The zero-order valence-corrected chi connectivity index (χ0v) is 21.0. The molecule has 0 N–H and O–H groups in total. The van der Waals surface area contributed by atoms with Gasteiger partial charge >= 0.3 is 0 Å². The van der Waals surface area contributed by atoms with Gasteiger partial charge in [-0.2, -0.15) is 0 Å². The number of hydrogen-bond donors (Lipinski definition) is 0. The second kappa shape index (κ2) is 6.05. The Kier molecular flexibility index (Phi) is 4.22. The number of halogens is 7. The molecular formula is C20H12BrCl6NO2. The highest BCUT2D eigenvalue weighted by Gasteiger charge is 2.88. The van der Waals surface area contributed by atoms with Crippen LogP contribution in [-0.4, -0.2) is 25.9 Å².